The molecule has 0 aliphatic rings. The minimum atomic E-state index is 0.0157. The lowest BCUT2D eigenvalue weighted by molar-refractivity contribution is 0.398. The number of fused-ring (bicyclic) bond motifs is 1. The van der Waals surface area contributed by atoms with Gasteiger partial charge < -0.3 is 10.5 Å². The molecule has 0 unspecified atom stereocenters. The van der Waals surface area contributed by atoms with Crippen molar-refractivity contribution in [1.29, 1.82) is 0 Å². The van der Waals surface area contributed by atoms with Gasteiger partial charge in [0.05, 0.1) is 7.11 Å². The molecule has 0 radical (unpaired) electrons. The van der Waals surface area contributed by atoms with E-state index >= 15 is 0 Å². The van der Waals surface area contributed by atoms with Crippen LogP contribution in [0.25, 0.3) is 10.8 Å². The Labute approximate surface area is 102 Å². The smallest absolute Gasteiger partial charge is 0.131 e. The number of pyridine rings is 1. The van der Waals surface area contributed by atoms with Crippen LogP contribution in [0.4, 0.5) is 5.82 Å². The Kier molecular flexibility index (Phi) is 2.69. The average Bonchev–Trinajstić information content (AvgIpc) is 2.26. The minimum absolute atomic E-state index is 0.0157. The predicted molar refractivity (Wildman–Crippen MR) is 71.4 cm³/mol. The molecule has 0 spiro atoms. The van der Waals surface area contributed by atoms with Gasteiger partial charge in [-0.2, -0.15) is 0 Å². The number of hydrogen-bond acceptors (Lipinski definition) is 3. The van der Waals surface area contributed by atoms with Gasteiger partial charge in [0.15, 0.2) is 0 Å². The van der Waals surface area contributed by atoms with Crippen molar-refractivity contribution in [3.05, 3.63) is 30.0 Å². The second-order valence-electron chi connectivity index (χ2n) is 5.22. The van der Waals surface area contributed by atoms with Crippen LogP contribution in [0.5, 0.6) is 5.75 Å². The summed E-state index contributed by atoms with van der Waals surface area (Å²) in [6.07, 6.45) is 1.72. The number of benzene rings is 1. The highest BCUT2D eigenvalue weighted by molar-refractivity contribution is 5.92. The van der Waals surface area contributed by atoms with E-state index in [4.69, 9.17) is 10.5 Å². The molecule has 90 valence electrons. The molecule has 1 aromatic carbocycles. The molecule has 0 aliphatic heterocycles. The first-order valence-corrected chi connectivity index (χ1v) is 5.66. The van der Waals surface area contributed by atoms with Gasteiger partial charge in [-0.3, -0.25) is 0 Å². The van der Waals surface area contributed by atoms with Gasteiger partial charge in [-0.1, -0.05) is 20.8 Å². The lowest BCUT2D eigenvalue weighted by Gasteiger charge is -2.22. The van der Waals surface area contributed by atoms with Gasteiger partial charge in [0.25, 0.3) is 0 Å². The van der Waals surface area contributed by atoms with E-state index in [1.165, 1.54) is 0 Å². The molecule has 1 aromatic heterocycles. The standard InChI is InChI=1S/C14H18N2O/c1-14(2,3)11-8-10-9(7-12(11)17-4)5-6-16-13(10)15/h5-8H,1-4H3,(H2,15,16). The van der Waals surface area contributed by atoms with E-state index in [1.54, 1.807) is 13.3 Å². The molecule has 0 bridgehead atoms. The highest BCUT2D eigenvalue weighted by atomic mass is 16.5. The summed E-state index contributed by atoms with van der Waals surface area (Å²) in [4.78, 5) is 4.12. The second kappa shape index (κ2) is 3.91. The van der Waals surface area contributed by atoms with Crippen LogP contribution in [0.3, 0.4) is 0 Å². The Bertz CT molecular complexity index is 556. The molecule has 0 atom stereocenters. The van der Waals surface area contributed by atoms with E-state index in [0.29, 0.717) is 5.82 Å². The Morgan fingerprint density at radius 3 is 2.53 bits per heavy atom. The summed E-state index contributed by atoms with van der Waals surface area (Å²) in [5.41, 5.74) is 7.07. The monoisotopic (exact) mass is 230 g/mol. The Morgan fingerprint density at radius 1 is 1.24 bits per heavy atom. The van der Waals surface area contributed by atoms with Gasteiger partial charge in [-0.25, -0.2) is 4.98 Å². The number of hydrogen-bond donors (Lipinski definition) is 1. The van der Waals surface area contributed by atoms with Crippen LogP contribution in [0.1, 0.15) is 26.3 Å². The van der Waals surface area contributed by atoms with Gasteiger partial charge in [-0.05, 0) is 29.0 Å². The molecule has 1 heterocycles. The van der Waals surface area contributed by atoms with Gasteiger partial charge in [0.2, 0.25) is 0 Å². The number of nitrogens with two attached hydrogens (primary N) is 1. The van der Waals surface area contributed by atoms with E-state index in [9.17, 15) is 0 Å². The summed E-state index contributed by atoms with van der Waals surface area (Å²) < 4.78 is 5.46. The molecule has 0 aliphatic carbocycles. The van der Waals surface area contributed by atoms with Crippen molar-refractivity contribution in [3.8, 4) is 5.75 Å². The van der Waals surface area contributed by atoms with Crippen LogP contribution in [0.15, 0.2) is 24.4 Å². The molecular weight excluding hydrogens is 212 g/mol. The van der Waals surface area contributed by atoms with Gasteiger partial charge in [0, 0.05) is 17.1 Å². The van der Waals surface area contributed by atoms with Crippen LogP contribution < -0.4 is 10.5 Å². The largest absolute Gasteiger partial charge is 0.496 e. The van der Waals surface area contributed by atoms with Crippen LogP contribution in [-0.2, 0) is 5.41 Å². The SMILES string of the molecule is COc1cc2ccnc(N)c2cc1C(C)(C)C. The minimum Gasteiger partial charge on any atom is -0.496 e. The summed E-state index contributed by atoms with van der Waals surface area (Å²) in [5, 5.41) is 2.04. The molecule has 2 rings (SSSR count). The number of rotatable bonds is 1. The van der Waals surface area contributed by atoms with Crippen molar-refractivity contribution in [1.82, 2.24) is 4.98 Å². The highest BCUT2D eigenvalue weighted by Crippen LogP contribution is 2.35. The molecule has 0 saturated carbocycles. The first-order chi connectivity index (χ1) is 7.93. The van der Waals surface area contributed by atoms with Gasteiger partial charge >= 0.3 is 0 Å². The molecular formula is C14H18N2O. The molecule has 17 heavy (non-hydrogen) atoms. The molecule has 3 heteroatoms. The maximum absolute atomic E-state index is 5.91. The zero-order valence-corrected chi connectivity index (χ0v) is 10.7. The molecule has 2 N–H and O–H groups in total. The molecule has 0 saturated heterocycles. The third-order valence-corrected chi connectivity index (χ3v) is 2.92. The number of ether oxygens (including phenoxy) is 1. The Morgan fingerprint density at radius 2 is 1.94 bits per heavy atom. The number of aromatic nitrogens is 1. The van der Waals surface area contributed by atoms with Crippen LogP contribution in [0.2, 0.25) is 0 Å². The maximum atomic E-state index is 5.91. The lowest BCUT2D eigenvalue weighted by Crippen LogP contribution is -2.13. The van der Waals surface area contributed by atoms with E-state index in [2.05, 4.69) is 31.8 Å². The fourth-order valence-electron chi connectivity index (χ4n) is 1.98. The van der Waals surface area contributed by atoms with Crippen molar-refractivity contribution in [2.45, 2.75) is 26.2 Å². The summed E-state index contributed by atoms with van der Waals surface area (Å²) >= 11 is 0. The van der Waals surface area contributed by atoms with Crippen LogP contribution in [0, 0.1) is 0 Å². The van der Waals surface area contributed by atoms with E-state index in [0.717, 1.165) is 22.1 Å². The van der Waals surface area contributed by atoms with E-state index < -0.39 is 0 Å². The zero-order chi connectivity index (χ0) is 12.6. The van der Waals surface area contributed by atoms with E-state index in [1.807, 2.05) is 12.1 Å². The topological polar surface area (TPSA) is 48.1 Å². The number of nitrogens with zero attached hydrogens (tertiary/aromatic N) is 1. The van der Waals surface area contributed by atoms with Crippen molar-refractivity contribution in [2.75, 3.05) is 12.8 Å². The summed E-state index contributed by atoms with van der Waals surface area (Å²) in [6, 6.07) is 6.05. The first kappa shape index (κ1) is 11.7. The maximum Gasteiger partial charge on any atom is 0.131 e. The van der Waals surface area contributed by atoms with Gasteiger partial charge in [-0.15, -0.1) is 0 Å². The third-order valence-electron chi connectivity index (χ3n) is 2.92. The van der Waals surface area contributed by atoms with Crippen LogP contribution >= 0.6 is 0 Å². The highest BCUT2D eigenvalue weighted by Gasteiger charge is 2.20. The quantitative estimate of drug-likeness (QED) is 0.818. The van der Waals surface area contributed by atoms with Crippen molar-refractivity contribution < 1.29 is 4.74 Å². The van der Waals surface area contributed by atoms with Gasteiger partial charge in [0.1, 0.15) is 11.6 Å². The summed E-state index contributed by atoms with van der Waals surface area (Å²) in [7, 11) is 1.70. The second-order valence-corrected chi connectivity index (χ2v) is 5.22. The number of anilines is 1. The molecule has 0 fully saturated rings. The van der Waals surface area contributed by atoms with Crippen molar-refractivity contribution >= 4 is 16.6 Å². The Hall–Kier alpha value is -1.77. The summed E-state index contributed by atoms with van der Waals surface area (Å²) in [5.74, 6) is 1.46. The zero-order valence-electron chi connectivity index (χ0n) is 10.7. The Balaban J connectivity index is 2.79. The average molecular weight is 230 g/mol. The van der Waals surface area contributed by atoms with Crippen LogP contribution in [-0.4, -0.2) is 12.1 Å². The molecule has 0 amide bonds. The lowest BCUT2D eigenvalue weighted by atomic mass is 9.85. The molecule has 2 aromatic rings. The van der Waals surface area contributed by atoms with Crippen molar-refractivity contribution in [2.24, 2.45) is 0 Å². The normalized spacial score (nSPS) is 11.8. The molecule has 3 nitrogen and oxygen atoms in total. The fourth-order valence-corrected chi connectivity index (χ4v) is 1.98. The van der Waals surface area contributed by atoms with E-state index in [-0.39, 0.29) is 5.41 Å². The number of methoxy groups -OCH3 is 1. The number of nitrogen functional groups attached to an aromatic ring is 1. The fraction of sp³-hybridized carbons (Fsp3) is 0.357. The summed E-state index contributed by atoms with van der Waals surface area (Å²) in [6.45, 7) is 6.47. The first-order valence-electron chi connectivity index (χ1n) is 5.66. The predicted octanol–water partition coefficient (Wildman–Crippen LogP) is 3.12. The van der Waals surface area contributed by atoms with Crippen molar-refractivity contribution in [3.63, 3.8) is 0 Å². The third kappa shape index (κ3) is 2.05.